The highest BCUT2D eigenvalue weighted by molar-refractivity contribution is 7.85. The molecule has 0 bridgehead atoms. The van der Waals surface area contributed by atoms with Crippen LogP contribution in [-0.2, 0) is 55.5 Å². The lowest BCUT2D eigenvalue weighted by molar-refractivity contribution is -0.197. The van der Waals surface area contributed by atoms with Crippen LogP contribution in [0.5, 0.6) is 0 Å². The minimum absolute atomic E-state index is 0.0235. The van der Waals surface area contributed by atoms with Crippen molar-refractivity contribution in [1.29, 1.82) is 0 Å². The molecule has 0 radical (unpaired) electrons. The van der Waals surface area contributed by atoms with Crippen molar-refractivity contribution in [1.82, 2.24) is 15.4 Å². The Morgan fingerprint density at radius 3 is 2.39 bits per heavy atom. The number of benzene rings is 1. The second-order valence-electron chi connectivity index (χ2n) is 15.4. The van der Waals surface area contributed by atoms with Gasteiger partial charge < -0.3 is 19.6 Å². The van der Waals surface area contributed by atoms with Crippen LogP contribution < -0.4 is 10.2 Å². The molecule has 3 heterocycles. The Labute approximate surface area is 348 Å². The fourth-order valence-electron chi connectivity index (χ4n) is 7.17. The van der Waals surface area contributed by atoms with Crippen molar-refractivity contribution >= 4 is 56.3 Å². The van der Waals surface area contributed by atoms with Crippen LogP contribution in [0.2, 0.25) is 0 Å². The predicted molar refractivity (Wildman–Crippen MR) is 224 cm³/mol. The normalized spacial score (nSPS) is 20.9. The Hall–Kier alpha value is -4.75. The first kappa shape index (κ1) is 46.9. The molecule has 18 heteroatoms. The third-order valence-electron chi connectivity index (χ3n) is 10.5. The van der Waals surface area contributed by atoms with Crippen LogP contribution in [0.15, 0.2) is 87.6 Å². The number of likely N-dealkylation sites (N-methyl/N-ethyl adjacent to an activating group) is 1. The minimum atomic E-state index is -4.45. The van der Waals surface area contributed by atoms with Gasteiger partial charge in [-0.2, -0.15) is 8.42 Å². The van der Waals surface area contributed by atoms with Gasteiger partial charge in [0, 0.05) is 73.5 Å². The van der Waals surface area contributed by atoms with Crippen LogP contribution in [0.25, 0.3) is 0 Å². The van der Waals surface area contributed by atoms with Gasteiger partial charge in [-0.15, -0.1) is 5.06 Å². The fraction of sp³-hybridized carbons (Fsp3) is 0.488. The zero-order valence-electron chi connectivity index (χ0n) is 34.6. The largest absolute Gasteiger partial charge is 0.390 e. The van der Waals surface area contributed by atoms with E-state index in [1.54, 1.807) is 18.3 Å². The number of carbonyl (C=O) groups excluding carboxylic acids is 4. The fourth-order valence-corrected chi connectivity index (χ4v) is 8.07. The Bertz CT molecular complexity index is 2100. The third-order valence-corrected chi connectivity index (χ3v) is 12.0. The molecule has 2 atom stereocenters. The highest BCUT2D eigenvalue weighted by Gasteiger charge is 2.41. The molecule has 322 valence electrons. The molecule has 2 unspecified atom stereocenters. The van der Waals surface area contributed by atoms with Crippen molar-refractivity contribution in [3.8, 4) is 0 Å². The number of fused-ring (bicyclic) bond motifs is 1. The SMILES string of the molecule is CON(C)C(=O)C(=CNCCCS(=O)O)C=C1C(C)N=C(C=CC=CC=C2N(CCCCCC(=O)ON3C(=O)CCC3=O)c3ccc(S(=O)(=O)O)cc3C2(C)C)C1(C)C. The first-order chi connectivity index (χ1) is 27.7. The van der Waals surface area contributed by atoms with E-state index in [0.29, 0.717) is 49.4 Å². The summed E-state index contributed by atoms with van der Waals surface area (Å²) in [4.78, 5) is 65.9. The van der Waals surface area contributed by atoms with Crippen LogP contribution in [-0.4, -0.2) is 100 Å². The summed E-state index contributed by atoms with van der Waals surface area (Å²) in [5, 5.41) is 4.72. The number of nitrogens with one attached hydrogen (secondary N) is 1. The highest BCUT2D eigenvalue weighted by Crippen LogP contribution is 2.48. The van der Waals surface area contributed by atoms with Gasteiger partial charge in [0.05, 0.1) is 29.4 Å². The maximum absolute atomic E-state index is 13.2. The lowest BCUT2D eigenvalue weighted by Gasteiger charge is -2.27. The van der Waals surface area contributed by atoms with E-state index >= 15 is 0 Å². The molecule has 4 rings (SSSR count). The van der Waals surface area contributed by atoms with E-state index in [0.717, 1.165) is 33.3 Å². The van der Waals surface area contributed by atoms with E-state index in [-0.39, 0.29) is 41.9 Å². The van der Waals surface area contributed by atoms with Crippen molar-refractivity contribution in [2.75, 3.05) is 37.9 Å². The summed E-state index contributed by atoms with van der Waals surface area (Å²) in [7, 11) is -1.54. The average molecular weight is 858 g/mol. The van der Waals surface area contributed by atoms with Crippen molar-refractivity contribution in [3.05, 3.63) is 83.3 Å². The summed E-state index contributed by atoms with van der Waals surface area (Å²) in [6, 6.07) is 4.30. The molecule has 3 N–H and O–H groups in total. The van der Waals surface area contributed by atoms with Gasteiger partial charge >= 0.3 is 5.97 Å². The summed E-state index contributed by atoms with van der Waals surface area (Å²) in [5.74, 6) is -1.98. The first-order valence-corrected chi connectivity index (χ1v) is 22.1. The van der Waals surface area contributed by atoms with E-state index in [4.69, 9.17) is 19.2 Å². The van der Waals surface area contributed by atoms with Crippen molar-refractivity contribution in [2.24, 2.45) is 10.4 Å². The Morgan fingerprint density at radius 1 is 1.05 bits per heavy atom. The van der Waals surface area contributed by atoms with Crippen molar-refractivity contribution in [3.63, 3.8) is 0 Å². The van der Waals surface area contributed by atoms with E-state index < -0.39 is 49.8 Å². The number of rotatable bonds is 19. The number of carbonyl (C=O) groups is 4. The van der Waals surface area contributed by atoms with Gasteiger partial charge in [-0.25, -0.2) is 14.1 Å². The first-order valence-electron chi connectivity index (χ1n) is 19.3. The second kappa shape index (κ2) is 20.0. The number of nitrogens with zero attached hydrogens (tertiary/aromatic N) is 4. The molecule has 16 nitrogen and oxygen atoms in total. The van der Waals surface area contributed by atoms with Crippen molar-refractivity contribution in [2.45, 2.75) is 95.9 Å². The average Bonchev–Trinajstić information content (AvgIpc) is 3.68. The number of hydroxylamine groups is 4. The summed E-state index contributed by atoms with van der Waals surface area (Å²) < 4.78 is 54.0. The minimum Gasteiger partial charge on any atom is -0.390 e. The predicted octanol–water partition coefficient (Wildman–Crippen LogP) is 5.10. The van der Waals surface area contributed by atoms with Gasteiger partial charge in [0.25, 0.3) is 27.8 Å². The number of allylic oxidation sites excluding steroid dienone is 6. The Kier molecular flexibility index (Phi) is 15.9. The van der Waals surface area contributed by atoms with Gasteiger partial charge in [0.15, 0.2) is 11.1 Å². The molecule has 0 aromatic heterocycles. The number of hydrogen-bond acceptors (Lipinski definition) is 12. The standard InChI is InChI=1S/C41H55N5O11S2/c1-28-31(25-29(39(50)44(6)56-7)27-42-22-14-24-58(51)52)40(2,3)34(43-28)15-10-8-11-16-35-41(4,5)32-26-30(59(53,54)55)18-19-33(32)45(35)23-13-9-12-17-38(49)57-46-36(47)20-21-37(46)48/h8,10-11,15-16,18-19,25-28,42H,9,12-14,17,20-24H2,1-7H3,(H,51,52)(H,53,54,55). The molecule has 1 fully saturated rings. The summed E-state index contributed by atoms with van der Waals surface area (Å²) in [6.45, 7) is 10.9. The molecule has 59 heavy (non-hydrogen) atoms. The number of amides is 3. The molecule has 0 spiro atoms. The molecule has 1 aromatic carbocycles. The van der Waals surface area contributed by atoms with Crippen LogP contribution in [0.3, 0.4) is 0 Å². The van der Waals surface area contributed by atoms with Crippen LogP contribution in [0.4, 0.5) is 5.69 Å². The Balaban J connectivity index is 1.50. The molecule has 1 saturated heterocycles. The van der Waals surface area contributed by atoms with E-state index in [1.165, 1.54) is 26.3 Å². The van der Waals surface area contributed by atoms with E-state index in [1.807, 2.05) is 65.0 Å². The Morgan fingerprint density at radius 2 is 1.75 bits per heavy atom. The van der Waals surface area contributed by atoms with Crippen molar-refractivity contribution < 1.29 is 50.6 Å². The maximum atomic E-state index is 13.2. The zero-order valence-corrected chi connectivity index (χ0v) is 36.2. The summed E-state index contributed by atoms with van der Waals surface area (Å²) in [6.07, 6.45) is 15.1. The van der Waals surface area contributed by atoms with Crippen LogP contribution in [0, 0.1) is 5.41 Å². The monoisotopic (exact) mass is 857 g/mol. The topological polar surface area (TPSA) is 213 Å². The van der Waals surface area contributed by atoms with Gasteiger partial charge in [-0.05, 0) is 73.7 Å². The lowest BCUT2D eigenvalue weighted by Crippen LogP contribution is -2.32. The van der Waals surface area contributed by atoms with E-state index in [2.05, 4.69) is 10.2 Å². The van der Waals surface area contributed by atoms with Gasteiger partial charge in [-0.1, -0.05) is 52.3 Å². The number of hydrogen-bond donors (Lipinski definition) is 3. The molecule has 0 aliphatic carbocycles. The number of unbranched alkanes of at least 4 members (excludes halogenated alkanes) is 2. The number of aliphatic imine (C=N–C) groups is 1. The molecule has 0 saturated carbocycles. The van der Waals surface area contributed by atoms with Crippen LogP contribution in [0.1, 0.15) is 85.1 Å². The van der Waals surface area contributed by atoms with Gasteiger partial charge in [-0.3, -0.25) is 28.8 Å². The summed E-state index contributed by atoms with van der Waals surface area (Å²) in [5.41, 5.74) is 3.25. The maximum Gasteiger partial charge on any atom is 0.333 e. The second-order valence-corrected chi connectivity index (χ2v) is 17.9. The number of imide groups is 1. The molecule has 1 aromatic rings. The third kappa shape index (κ3) is 11.7. The zero-order chi connectivity index (χ0) is 43.7. The molecular weight excluding hydrogens is 803 g/mol. The molecule has 3 aliphatic heterocycles. The van der Waals surface area contributed by atoms with Gasteiger partial charge in [0.1, 0.15) is 0 Å². The summed E-state index contributed by atoms with van der Waals surface area (Å²) >= 11 is -1.90. The molecular formula is C41H55N5O11S2. The molecule has 3 amide bonds. The lowest BCUT2D eigenvalue weighted by atomic mass is 9.78. The quantitative estimate of drug-likeness (QED) is 0.0315. The molecule has 3 aliphatic rings. The van der Waals surface area contributed by atoms with E-state index in [9.17, 15) is 36.4 Å². The smallest absolute Gasteiger partial charge is 0.333 e. The van der Waals surface area contributed by atoms with Crippen LogP contribution >= 0.6 is 0 Å². The number of anilines is 1. The van der Waals surface area contributed by atoms with Gasteiger partial charge in [0.2, 0.25) is 0 Å². The highest BCUT2D eigenvalue weighted by atomic mass is 32.2.